The summed E-state index contributed by atoms with van der Waals surface area (Å²) in [5, 5.41) is 6.27. The topological polar surface area (TPSA) is 118 Å². The van der Waals surface area contributed by atoms with Crippen molar-refractivity contribution < 1.29 is 17.5 Å². The van der Waals surface area contributed by atoms with Gasteiger partial charge in [-0.25, -0.2) is 27.8 Å². The van der Waals surface area contributed by atoms with Gasteiger partial charge in [0.2, 0.25) is 21.9 Å². The summed E-state index contributed by atoms with van der Waals surface area (Å²) in [6, 6.07) is 8.28. The number of ether oxygens (including phenoxy) is 1. The molecule has 2 aliphatic rings. The molecule has 0 spiro atoms. The molecule has 11 heteroatoms. The number of piperidine rings is 1. The van der Waals surface area contributed by atoms with E-state index in [1.54, 1.807) is 43.6 Å². The van der Waals surface area contributed by atoms with Crippen molar-refractivity contribution in [3.63, 3.8) is 0 Å². The minimum Gasteiger partial charge on any atom is -0.435 e. The maximum absolute atomic E-state index is 15.2. The van der Waals surface area contributed by atoms with Gasteiger partial charge in [-0.1, -0.05) is 19.3 Å². The molecular formula is C27H33FN6O3S. The fraction of sp³-hybridized carbons (Fsp3) is 0.444. The third-order valence-electron chi connectivity index (χ3n) is 7.01. The monoisotopic (exact) mass is 540 g/mol. The summed E-state index contributed by atoms with van der Waals surface area (Å²) >= 11 is 0. The van der Waals surface area contributed by atoms with E-state index in [9.17, 15) is 8.42 Å². The summed E-state index contributed by atoms with van der Waals surface area (Å²) in [5.74, 6) is -0.0129. The van der Waals surface area contributed by atoms with Crippen LogP contribution in [0.3, 0.4) is 0 Å². The zero-order valence-electron chi connectivity index (χ0n) is 21.4. The Morgan fingerprint density at radius 3 is 2.66 bits per heavy atom. The van der Waals surface area contributed by atoms with Crippen LogP contribution in [0.4, 0.5) is 16.0 Å². The van der Waals surface area contributed by atoms with Crippen molar-refractivity contribution >= 4 is 21.7 Å². The molecule has 1 aromatic carbocycles. The fourth-order valence-electron chi connectivity index (χ4n) is 5.04. The Balaban J connectivity index is 1.36. The first-order valence-corrected chi connectivity index (χ1v) is 14.7. The number of aromatic nitrogens is 3. The van der Waals surface area contributed by atoms with Crippen molar-refractivity contribution in [2.75, 3.05) is 23.1 Å². The van der Waals surface area contributed by atoms with Crippen LogP contribution in [0.2, 0.25) is 0 Å². The number of nitrogens with one attached hydrogen (secondary N) is 3. The first kappa shape index (κ1) is 26.3. The second kappa shape index (κ2) is 11.6. The molecule has 3 N–H and O–H groups in total. The smallest absolute Gasteiger partial charge is 0.235 e. The molecule has 3 heterocycles. The minimum atomic E-state index is -3.59. The van der Waals surface area contributed by atoms with E-state index in [1.807, 2.05) is 0 Å². The summed E-state index contributed by atoms with van der Waals surface area (Å²) in [7, 11) is -3.59. The van der Waals surface area contributed by atoms with Gasteiger partial charge in [-0.05, 0) is 69.0 Å². The molecular weight excluding hydrogens is 507 g/mol. The molecule has 3 aromatic rings. The van der Waals surface area contributed by atoms with Crippen molar-refractivity contribution in [1.82, 2.24) is 20.3 Å². The quantitative estimate of drug-likeness (QED) is 0.365. The normalized spacial score (nSPS) is 18.6. The van der Waals surface area contributed by atoms with Crippen LogP contribution in [0, 0.1) is 12.7 Å². The largest absolute Gasteiger partial charge is 0.435 e. The number of hydrogen-bond acceptors (Lipinski definition) is 8. The number of aryl methyl sites for hydroxylation is 1. The molecule has 9 nitrogen and oxygen atoms in total. The first-order valence-electron chi connectivity index (χ1n) is 13.1. The average molecular weight is 541 g/mol. The summed E-state index contributed by atoms with van der Waals surface area (Å²) in [4.78, 5) is 13.3. The van der Waals surface area contributed by atoms with Gasteiger partial charge >= 0.3 is 0 Å². The van der Waals surface area contributed by atoms with Gasteiger partial charge in [0.25, 0.3) is 0 Å². The second-order valence-electron chi connectivity index (χ2n) is 9.92. The molecule has 0 amide bonds. The highest BCUT2D eigenvalue weighted by molar-refractivity contribution is 7.93. The van der Waals surface area contributed by atoms with E-state index < -0.39 is 21.1 Å². The number of rotatable bonds is 8. The Labute approximate surface area is 222 Å². The Hall–Kier alpha value is -3.31. The Bertz CT molecular complexity index is 1350. The first-order chi connectivity index (χ1) is 18.4. The van der Waals surface area contributed by atoms with Crippen LogP contribution in [-0.2, 0) is 10.0 Å². The molecule has 2 fully saturated rings. The molecule has 202 valence electrons. The highest BCUT2D eigenvalue weighted by Gasteiger charge is 2.28. The minimum absolute atomic E-state index is 0.0220. The standard InChI is InChI=1S/C27H33FN6O3S/c1-18-15-20(34-38(35,36)21-8-3-2-4-9-21)16-23(28)25(18)37-26-22(10-6-13-30-26)24-11-14-31-27(33-24)32-19-7-5-12-29-17-19/h6,10-11,13-16,19,21,29,34H,2-5,7-9,12,17H2,1H3,(H,31,32,33)/t19-/m0/s1. The molecule has 0 bridgehead atoms. The number of pyridine rings is 1. The summed E-state index contributed by atoms with van der Waals surface area (Å²) in [6.45, 7) is 3.53. The van der Waals surface area contributed by atoms with Crippen molar-refractivity contribution in [2.45, 2.75) is 63.2 Å². The van der Waals surface area contributed by atoms with Crippen LogP contribution in [0.15, 0.2) is 42.7 Å². The Morgan fingerprint density at radius 1 is 1.05 bits per heavy atom. The second-order valence-corrected chi connectivity index (χ2v) is 11.9. The van der Waals surface area contributed by atoms with E-state index in [2.05, 4.69) is 30.3 Å². The highest BCUT2D eigenvalue weighted by atomic mass is 32.2. The third-order valence-corrected chi connectivity index (χ3v) is 8.88. The van der Waals surface area contributed by atoms with Gasteiger partial charge in [0, 0.05) is 31.0 Å². The fourth-order valence-corrected chi connectivity index (χ4v) is 6.61. The number of nitrogens with zero attached hydrogens (tertiary/aromatic N) is 3. The van der Waals surface area contributed by atoms with Gasteiger partial charge in [0.15, 0.2) is 11.6 Å². The van der Waals surface area contributed by atoms with Crippen LogP contribution >= 0.6 is 0 Å². The predicted molar refractivity (Wildman–Crippen MR) is 145 cm³/mol. The summed E-state index contributed by atoms with van der Waals surface area (Å²) < 4.78 is 49.4. The molecule has 0 radical (unpaired) electrons. The SMILES string of the molecule is Cc1cc(NS(=O)(=O)C2CCCCC2)cc(F)c1Oc1ncccc1-c1ccnc(N[C@H]2CCCNC2)n1. The maximum Gasteiger partial charge on any atom is 0.235 e. The molecule has 5 rings (SSSR count). The number of hydrogen-bond donors (Lipinski definition) is 3. The van der Waals surface area contributed by atoms with E-state index in [1.165, 1.54) is 0 Å². The summed E-state index contributed by atoms with van der Waals surface area (Å²) in [6.07, 6.45) is 9.42. The number of halogens is 1. The molecule has 1 atom stereocenters. The van der Waals surface area contributed by atoms with Gasteiger partial charge in [-0.3, -0.25) is 4.72 Å². The molecule has 1 aliphatic heterocycles. The molecule has 38 heavy (non-hydrogen) atoms. The lowest BCUT2D eigenvalue weighted by atomic mass is 10.0. The van der Waals surface area contributed by atoms with E-state index in [0.717, 1.165) is 51.3 Å². The van der Waals surface area contributed by atoms with Gasteiger partial charge in [0.05, 0.1) is 22.2 Å². The van der Waals surface area contributed by atoms with Gasteiger partial charge in [-0.15, -0.1) is 0 Å². The van der Waals surface area contributed by atoms with E-state index in [0.29, 0.717) is 35.6 Å². The van der Waals surface area contributed by atoms with Gasteiger partial charge in [-0.2, -0.15) is 0 Å². The zero-order chi connectivity index (χ0) is 26.5. The molecule has 1 saturated carbocycles. The lowest BCUT2D eigenvalue weighted by molar-refractivity contribution is 0.425. The molecule has 1 saturated heterocycles. The molecule has 1 aliphatic carbocycles. The van der Waals surface area contributed by atoms with Crippen molar-refractivity contribution in [3.8, 4) is 22.9 Å². The van der Waals surface area contributed by atoms with E-state index >= 15 is 4.39 Å². The third kappa shape index (κ3) is 6.21. The number of anilines is 2. The van der Waals surface area contributed by atoms with Crippen LogP contribution in [0.5, 0.6) is 11.6 Å². The lowest BCUT2D eigenvalue weighted by Crippen LogP contribution is -2.38. The molecule has 2 aromatic heterocycles. The van der Waals surface area contributed by atoms with Gasteiger partial charge in [0.1, 0.15) is 0 Å². The maximum atomic E-state index is 15.2. The zero-order valence-corrected chi connectivity index (χ0v) is 22.2. The van der Waals surface area contributed by atoms with Crippen molar-refractivity contribution in [3.05, 3.63) is 54.1 Å². The molecule has 0 unspecified atom stereocenters. The van der Waals surface area contributed by atoms with Crippen LogP contribution < -0.4 is 20.1 Å². The van der Waals surface area contributed by atoms with Crippen LogP contribution in [0.25, 0.3) is 11.3 Å². The van der Waals surface area contributed by atoms with Crippen molar-refractivity contribution in [2.24, 2.45) is 0 Å². The van der Waals surface area contributed by atoms with Crippen molar-refractivity contribution in [1.29, 1.82) is 0 Å². The van der Waals surface area contributed by atoms with Gasteiger partial charge < -0.3 is 15.4 Å². The van der Waals surface area contributed by atoms with Crippen LogP contribution in [-0.4, -0.2) is 47.8 Å². The van der Waals surface area contributed by atoms with Crippen LogP contribution in [0.1, 0.15) is 50.5 Å². The lowest BCUT2D eigenvalue weighted by Gasteiger charge is -2.23. The summed E-state index contributed by atoms with van der Waals surface area (Å²) in [5.41, 5.74) is 1.80. The van der Waals surface area contributed by atoms with E-state index in [-0.39, 0.29) is 23.4 Å². The van der Waals surface area contributed by atoms with E-state index in [4.69, 9.17) is 4.74 Å². The predicted octanol–water partition coefficient (Wildman–Crippen LogP) is 5.02. The number of sulfonamides is 1. The highest BCUT2D eigenvalue weighted by Crippen LogP contribution is 2.35. The Kier molecular flexibility index (Phi) is 8.04. The Morgan fingerprint density at radius 2 is 1.89 bits per heavy atom. The average Bonchev–Trinajstić information content (AvgIpc) is 2.92. The number of benzene rings is 1.